The van der Waals surface area contributed by atoms with Gasteiger partial charge in [-0.05, 0) is 50.9 Å². The van der Waals surface area contributed by atoms with Crippen molar-refractivity contribution in [2.45, 2.75) is 31.7 Å². The van der Waals surface area contributed by atoms with Crippen LogP contribution in [-0.4, -0.2) is 54.5 Å². The highest BCUT2D eigenvalue weighted by Crippen LogP contribution is 2.22. The van der Waals surface area contributed by atoms with E-state index >= 15 is 0 Å². The highest BCUT2D eigenvalue weighted by atomic mass is 35.5. The van der Waals surface area contributed by atoms with E-state index in [2.05, 4.69) is 15.1 Å². The summed E-state index contributed by atoms with van der Waals surface area (Å²) >= 11 is 6.12. The summed E-state index contributed by atoms with van der Waals surface area (Å²) in [5.74, 6) is 0.182. The maximum absolute atomic E-state index is 12.5. The lowest BCUT2D eigenvalue weighted by molar-refractivity contribution is -0.130. The molecule has 1 amide bonds. The van der Waals surface area contributed by atoms with Gasteiger partial charge in [0.05, 0.1) is 17.3 Å². The van der Waals surface area contributed by atoms with Crippen LogP contribution in [-0.2, 0) is 4.79 Å². The van der Waals surface area contributed by atoms with Crippen molar-refractivity contribution in [2.24, 2.45) is 0 Å². The van der Waals surface area contributed by atoms with Crippen LogP contribution in [0, 0.1) is 0 Å². The number of para-hydroxylation sites is 1. The van der Waals surface area contributed by atoms with Gasteiger partial charge in [0.15, 0.2) is 0 Å². The van der Waals surface area contributed by atoms with Crippen LogP contribution in [0.25, 0.3) is 0 Å². The van der Waals surface area contributed by atoms with Crippen LogP contribution in [0.4, 0.5) is 5.69 Å². The zero-order valence-electron chi connectivity index (χ0n) is 12.9. The maximum Gasteiger partial charge on any atom is 0.242 e. The van der Waals surface area contributed by atoms with E-state index in [1.165, 1.54) is 25.9 Å². The van der Waals surface area contributed by atoms with Crippen molar-refractivity contribution < 1.29 is 4.79 Å². The molecule has 0 saturated carbocycles. The largest absolute Gasteiger partial charge is 0.375 e. The Morgan fingerprint density at radius 2 is 1.95 bits per heavy atom. The van der Waals surface area contributed by atoms with Gasteiger partial charge in [-0.3, -0.25) is 4.79 Å². The highest BCUT2D eigenvalue weighted by molar-refractivity contribution is 6.33. The van der Waals surface area contributed by atoms with E-state index in [4.69, 9.17) is 11.6 Å². The molecule has 3 rings (SSSR count). The van der Waals surface area contributed by atoms with Gasteiger partial charge in [0.2, 0.25) is 5.91 Å². The number of carbonyl (C=O) groups is 1. The van der Waals surface area contributed by atoms with Gasteiger partial charge in [-0.1, -0.05) is 23.7 Å². The molecular weight excluding hydrogens is 298 g/mol. The number of halogens is 1. The number of hydrogen-bond donors (Lipinski definition) is 1. The van der Waals surface area contributed by atoms with Crippen molar-refractivity contribution in [2.75, 3.05) is 38.0 Å². The van der Waals surface area contributed by atoms with Crippen molar-refractivity contribution in [3.8, 4) is 0 Å². The van der Waals surface area contributed by atoms with E-state index in [0.29, 0.717) is 17.6 Å². The number of rotatable bonds is 5. The minimum atomic E-state index is 0.182. The van der Waals surface area contributed by atoms with Crippen molar-refractivity contribution in [1.82, 2.24) is 9.80 Å². The Balaban J connectivity index is 1.53. The van der Waals surface area contributed by atoms with E-state index in [1.807, 2.05) is 24.3 Å². The number of carbonyl (C=O) groups excluding carboxylic acids is 1. The summed E-state index contributed by atoms with van der Waals surface area (Å²) in [6.45, 7) is 4.63. The third-order valence-electron chi connectivity index (χ3n) is 4.67. The summed E-state index contributed by atoms with van der Waals surface area (Å²) < 4.78 is 0. The van der Waals surface area contributed by atoms with E-state index in [9.17, 15) is 4.79 Å². The minimum absolute atomic E-state index is 0.182. The molecule has 2 heterocycles. The van der Waals surface area contributed by atoms with Crippen LogP contribution in [0.2, 0.25) is 5.02 Å². The first-order valence-electron chi connectivity index (χ1n) is 8.24. The fraction of sp³-hybridized carbons (Fsp3) is 0.588. The third kappa shape index (κ3) is 3.73. The molecule has 4 nitrogen and oxygen atoms in total. The zero-order chi connectivity index (χ0) is 15.4. The fourth-order valence-corrected chi connectivity index (χ4v) is 3.70. The van der Waals surface area contributed by atoms with Crippen LogP contribution in [0.15, 0.2) is 24.3 Å². The van der Waals surface area contributed by atoms with Crippen LogP contribution >= 0.6 is 11.6 Å². The first kappa shape index (κ1) is 15.6. The second-order valence-corrected chi connectivity index (χ2v) is 6.63. The molecular formula is C17H24ClN3O. The van der Waals surface area contributed by atoms with Crippen LogP contribution in [0.3, 0.4) is 0 Å². The molecule has 22 heavy (non-hydrogen) atoms. The normalized spacial score (nSPS) is 22.2. The van der Waals surface area contributed by atoms with E-state index in [1.54, 1.807) is 0 Å². The molecule has 2 aliphatic heterocycles. The average Bonchev–Trinajstić information content (AvgIpc) is 3.18. The Morgan fingerprint density at radius 3 is 2.73 bits per heavy atom. The quantitative estimate of drug-likeness (QED) is 0.906. The monoisotopic (exact) mass is 321 g/mol. The summed E-state index contributed by atoms with van der Waals surface area (Å²) in [7, 11) is 0. The molecule has 0 spiro atoms. The molecule has 0 aliphatic carbocycles. The zero-order valence-corrected chi connectivity index (χ0v) is 13.7. The summed E-state index contributed by atoms with van der Waals surface area (Å²) in [5.41, 5.74) is 0.827. The molecule has 0 bridgehead atoms. The molecule has 2 fully saturated rings. The minimum Gasteiger partial charge on any atom is -0.375 e. The molecule has 0 aromatic heterocycles. The van der Waals surface area contributed by atoms with E-state index in [0.717, 1.165) is 31.6 Å². The Morgan fingerprint density at radius 1 is 1.18 bits per heavy atom. The Labute approximate surface area is 137 Å². The van der Waals surface area contributed by atoms with Gasteiger partial charge in [-0.25, -0.2) is 0 Å². The predicted octanol–water partition coefficient (Wildman–Crippen LogP) is 2.84. The van der Waals surface area contributed by atoms with E-state index < -0.39 is 0 Å². The number of anilines is 1. The lowest BCUT2D eigenvalue weighted by atomic mass is 10.2. The van der Waals surface area contributed by atoms with Crippen molar-refractivity contribution in [3.63, 3.8) is 0 Å². The number of nitrogens with one attached hydrogen (secondary N) is 1. The molecule has 1 N–H and O–H groups in total. The number of hydrogen-bond acceptors (Lipinski definition) is 3. The topological polar surface area (TPSA) is 35.6 Å². The highest BCUT2D eigenvalue weighted by Gasteiger charge is 2.30. The second-order valence-electron chi connectivity index (χ2n) is 6.22. The molecule has 2 saturated heterocycles. The van der Waals surface area contributed by atoms with Gasteiger partial charge in [0, 0.05) is 19.1 Å². The lowest BCUT2D eigenvalue weighted by Crippen LogP contribution is -2.44. The van der Waals surface area contributed by atoms with Gasteiger partial charge in [-0.15, -0.1) is 0 Å². The van der Waals surface area contributed by atoms with Crippen molar-refractivity contribution >= 4 is 23.2 Å². The van der Waals surface area contributed by atoms with Gasteiger partial charge in [-0.2, -0.15) is 0 Å². The van der Waals surface area contributed by atoms with Crippen LogP contribution < -0.4 is 5.32 Å². The Hall–Kier alpha value is -1.26. The smallest absolute Gasteiger partial charge is 0.242 e. The SMILES string of the molecule is O=C(CNc1ccccc1Cl)N1CCCC1CN1CCCC1. The van der Waals surface area contributed by atoms with E-state index in [-0.39, 0.29) is 5.91 Å². The van der Waals surface area contributed by atoms with Crippen molar-refractivity contribution in [3.05, 3.63) is 29.3 Å². The number of benzene rings is 1. The van der Waals surface area contributed by atoms with Gasteiger partial charge >= 0.3 is 0 Å². The summed E-state index contributed by atoms with van der Waals surface area (Å²) in [5, 5.41) is 3.82. The molecule has 120 valence electrons. The Bertz CT molecular complexity index is 516. The second kappa shape index (κ2) is 7.34. The average molecular weight is 322 g/mol. The number of amides is 1. The number of nitrogens with zero attached hydrogens (tertiary/aromatic N) is 2. The molecule has 0 radical (unpaired) electrons. The van der Waals surface area contributed by atoms with Gasteiger partial charge < -0.3 is 15.1 Å². The third-order valence-corrected chi connectivity index (χ3v) is 5.00. The standard InChI is InChI=1S/C17H24ClN3O/c18-15-7-1-2-8-16(15)19-12-17(22)21-11-5-6-14(21)13-20-9-3-4-10-20/h1-2,7-8,14,19H,3-6,9-13H2. The molecule has 2 aliphatic rings. The van der Waals surface area contributed by atoms with Gasteiger partial charge in [0.1, 0.15) is 0 Å². The van der Waals surface area contributed by atoms with Crippen LogP contribution in [0.1, 0.15) is 25.7 Å². The summed E-state index contributed by atoms with van der Waals surface area (Å²) in [6, 6.07) is 7.94. The number of likely N-dealkylation sites (tertiary alicyclic amines) is 2. The molecule has 5 heteroatoms. The van der Waals surface area contributed by atoms with Crippen LogP contribution in [0.5, 0.6) is 0 Å². The van der Waals surface area contributed by atoms with Gasteiger partial charge in [0.25, 0.3) is 0 Å². The summed E-state index contributed by atoms with van der Waals surface area (Å²) in [6.07, 6.45) is 4.86. The fourth-order valence-electron chi connectivity index (χ4n) is 3.49. The lowest BCUT2D eigenvalue weighted by Gasteiger charge is -2.28. The predicted molar refractivity (Wildman–Crippen MR) is 90.4 cm³/mol. The maximum atomic E-state index is 12.5. The first-order valence-corrected chi connectivity index (χ1v) is 8.62. The summed E-state index contributed by atoms with van der Waals surface area (Å²) in [4.78, 5) is 17.1. The van der Waals surface area contributed by atoms with Crippen molar-refractivity contribution in [1.29, 1.82) is 0 Å². The molecule has 1 aromatic rings. The molecule has 1 aromatic carbocycles. The Kier molecular flexibility index (Phi) is 5.21. The molecule has 1 atom stereocenters. The molecule has 1 unspecified atom stereocenters. The first-order chi connectivity index (χ1) is 10.7.